The van der Waals surface area contributed by atoms with E-state index in [-0.39, 0.29) is 0 Å². The third kappa shape index (κ3) is 3.32. The van der Waals surface area contributed by atoms with E-state index in [0.29, 0.717) is 11.0 Å². The second-order valence-corrected chi connectivity index (χ2v) is 6.84. The van der Waals surface area contributed by atoms with Gasteiger partial charge in [0.05, 0.1) is 23.9 Å². The summed E-state index contributed by atoms with van der Waals surface area (Å²) in [5, 5.41) is 9.09. The summed E-state index contributed by atoms with van der Waals surface area (Å²) >= 11 is 3.27. The highest BCUT2D eigenvalue weighted by Crippen LogP contribution is 2.29. The number of methoxy groups -OCH3 is 1. The minimum absolute atomic E-state index is 0.596. The van der Waals surface area contributed by atoms with Gasteiger partial charge in [-0.2, -0.15) is 0 Å². The molecule has 0 saturated heterocycles. The van der Waals surface area contributed by atoms with Crippen molar-refractivity contribution in [1.29, 1.82) is 0 Å². The molecule has 0 fully saturated rings. The first-order valence-corrected chi connectivity index (χ1v) is 8.93. The summed E-state index contributed by atoms with van der Waals surface area (Å²) in [4.78, 5) is 5.56. The molecule has 8 heteroatoms. The number of nitrogen functional groups attached to an aromatic ring is 1. The van der Waals surface area contributed by atoms with E-state index in [1.807, 2.05) is 36.7 Å². The molecule has 3 aromatic rings. The fourth-order valence-electron chi connectivity index (χ4n) is 2.19. The van der Waals surface area contributed by atoms with Crippen LogP contribution in [0, 0.1) is 6.92 Å². The van der Waals surface area contributed by atoms with Crippen LogP contribution in [0.3, 0.4) is 0 Å². The van der Waals surface area contributed by atoms with Crippen molar-refractivity contribution in [3.8, 4) is 17.1 Å². The maximum absolute atomic E-state index is 6.15. The van der Waals surface area contributed by atoms with E-state index in [2.05, 4.69) is 15.2 Å². The maximum Gasteiger partial charge on any atom is 0.210 e. The van der Waals surface area contributed by atoms with Crippen LogP contribution >= 0.6 is 23.1 Å². The summed E-state index contributed by atoms with van der Waals surface area (Å²) in [6, 6.07) is 7.63. The Labute approximate surface area is 142 Å². The monoisotopic (exact) mass is 347 g/mol. The van der Waals surface area contributed by atoms with Crippen molar-refractivity contribution < 1.29 is 4.74 Å². The number of nitrogens with zero attached hydrogens (tertiary/aromatic N) is 4. The predicted molar refractivity (Wildman–Crippen MR) is 93.4 cm³/mol. The fraction of sp³-hybridized carbons (Fsp3) is 0.267. The fourth-order valence-corrected chi connectivity index (χ4v) is 3.91. The van der Waals surface area contributed by atoms with Crippen LogP contribution in [0.1, 0.15) is 10.6 Å². The first-order chi connectivity index (χ1) is 11.2. The lowest BCUT2D eigenvalue weighted by molar-refractivity contribution is 0.416. The summed E-state index contributed by atoms with van der Waals surface area (Å²) in [5.74, 6) is 8.35. The molecule has 0 aliphatic heterocycles. The molecule has 0 amide bonds. The first kappa shape index (κ1) is 15.8. The van der Waals surface area contributed by atoms with Crippen LogP contribution in [0.4, 0.5) is 0 Å². The van der Waals surface area contributed by atoms with Crippen molar-refractivity contribution >= 4 is 23.1 Å². The van der Waals surface area contributed by atoms with Crippen LogP contribution in [-0.4, -0.2) is 32.7 Å². The number of hydrogen-bond acceptors (Lipinski definition) is 7. The molecule has 0 atom stereocenters. The van der Waals surface area contributed by atoms with Crippen molar-refractivity contribution in [2.45, 2.75) is 18.5 Å². The summed E-state index contributed by atoms with van der Waals surface area (Å²) in [5.41, 5.74) is 3.80. The Hall–Kier alpha value is -2.06. The Morgan fingerprint density at radius 1 is 1.30 bits per heavy atom. The second-order valence-electron chi connectivity index (χ2n) is 4.84. The van der Waals surface area contributed by atoms with Gasteiger partial charge in [0, 0.05) is 10.6 Å². The van der Waals surface area contributed by atoms with Crippen LogP contribution in [0.2, 0.25) is 0 Å². The van der Waals surface area contributed by atoms with E-state index >= 15 is 0 Å². The van der Waals surface area contributed by atoms with Crippen LogP contribution in [-0.2, 0) is 6.42 Å². The Bertz CT molecular complexity index is 799. The SMILES string of the molecule is COc1ccccc1-c1nnc(SCCc2scnc2C)n1N. The lowest BCUT2D eigenvalue weighted by atomic mass is 10.2. The van der Waals surface area contributed by atoms with Gasteiger partial charge in [0.2, 0.25) is 5.16 Å². The van der Waals surface area contributed by atoms with Gasteiger partial charge < -0.3 is 10.6 Å². The number of benzene rings is 1. The number of aromatic nitrogens is 4. The minimum atomic E-state index is 0.596. The predicted octanol–water partition coefficient (Wildman–Crippen LogP) is 2.77. The zero-order valence-electron chi connectivity index (χ0n) is 12.9. The van der Waals surface area contributed by atoms with Gasteiger partial charge in [-0.05, 0) is 25.5 Å². The summed E-state index contributed by atoms with van der Waals surface area (Å²) < 4.78 is 6.87. The Kier molecular flexibility index (Phi) is 4.82. The lowest BCUT2D eigenvalue weighted by Gasteiger charge is -2.07. The number of rotatable bonds is 6. The minimum Gasteiger partial charge on any atom is -0.496 e. The van der Waals surface area contributed by atoms with Gasteiger partial charge in [-0.15, -0.1) is 21.5 Å². The third-order valence-electron chi connectivity index (χ3n) is 3.42. The molecular weight excluding hydrogens is 330 g/mol. The molecule has 0 saturated carbocycles. The van der Waals surface area contributed by atoms with E-state index < -0.39 is 0 Å². The molecule has 2 N–H and O–H groups in total. The van der Waals surface area contributed by atoms with Crippen molar-refractivity contribution in [1.82, 2.24) is 19.9 Å². The number of thiazole rings is 1. The average Bonchev–Trinajstić information content (AvgIpc) is 3.14. The number of hydrogen-bond donors (Lipinski definition) is 1. The van der Waals surface area contributed by atoms with Crippen molar-refractivity contribution in [2.24, 2.45) is 0 Å². The molecule has 23 heavy (non-hydrogen) atoms. The van der Waals surface area contributed by atoms with E-state index in [1.54, 1.807) is 30.2 Å². The van der Waals surface area contributed by atoms with Gasteiger partial charge in [-0.3, -0.25) is 0 Å². The van der Waals surface area contributed by atoms with Crippen molar-refractivity contribution in [3.05, 3.63) is 40.3 Å². The van der Waals surface area contributed by atoms with E-state index in [0.717, 1.165) is 29.2 Å². The second kappa shape index (κ2) is 7.01. The maximum atomic E-state index is 6.15. The zero-order valence-corrected chi connectivity index (χ0v) is 14.5. The Morgan fingerprint density at radius 3 is 2.87 bits per heavy atom. The quantitative estimate of drug-likeness (QED) is 0.546. The largest absolute Gasteiger partial charge is 0.496 e. The average molecular weight is 347 g/mol. The number of nitrogens with two attached hydrogens (primary N) is 1. The molecule has 0 aliphatic carbocycles. The molecule has 0 spiro atoms. The molecule has 2 aromatic heterocycles. The van der Waals surface area contributed by atoms with Gasteiger partial charge >= 0.3 is 0 Å². The van der Waals surface area contributed by atoms with Crippen LogP contribution in [0.25, 0.3) is 11.4 Å². The highest BCUT2D eigenvalue weighted by Gasteiger charge is 2.15. The normalized spacial score (nSPS) is 10.9. The molecule has 1 aromatic carbocycles. The Balaban J connectivity index is 1.73. The summed E-state index contributed by atoms with van der Waals surface area (Å²) in [7, 11) is 1.63. The first-order valence-electron chi connectivity index (χ1n) is 7.06. The number of para-hydroxylation sites is 1. The molecule has 0 unspecified atom stereocenters. The number of aryl methyl sites for hydroxylation is 2. The number of thioether (sulfide) groups is 1. The highest BCUT2D eigenvalue weighted by atomic mass is 32.2. The van der Waals surface area contributed by atoms with Gasteiger partial charge in [-0.25, -0.2) is 9.66 Å². The van der Waals surface area contributed by atoms with Gasteiger partial charge in [0.25, 0.3) is 0 Å². The Morgan fingerprint density at radius 2 is 2.13 bits per heavy atom. The molecule has 0 aliphatic rings. The molecule has 2 heterocycles. The topological polar surface area (TPSA) is 78.9 Å². The molecular formula is C15H17N5OS2. The highest BCUT2D eigenvalue weighted by molar-refractivity contribution is 7.99. The van der Waals surface area contributed by atoms with Crippen LogP contribution in [0.5, 0.6) is 5.75 Å². The smallest absolute Gasteiger partial charge is 0.210 e. The van der Waals surface area contributed by atoms with Crippen LogP contribution in [0.15, 0.2) is 34.9 Å². The van der Waals surface area contributed by atoms with Gasteiger partial charge in [0.1, 0.15) is 5.75 Å². The molecule has 6 nitrogen and oxygen atoms in total. The molecule has 3 rings (SSSR count). The van der Waals surface area contributed by atoms with Gasteiger partial charge in [-0.1, -0.05) is 23.9 Å². The molecule has 120 valence electrons. The summed E-state index contributed by atoms with van der Waals surface area (Å²) in [6.45, 7) is 2.03. The molecule has 0 bridgehead atoms. The van der Waals surface area contributed by atoms with Gasteiger partial charge in [0.15, 0.2) is 5.82 Å². The number of ether oxygens (including phenoxy) is 1. The third-order valence-corrected chi connectivity index (χ3v) is 5.36. The summed E-state index contributed by atoms with van der Waals surface area (Å²) in [6.07, 6.45) is 0.942. The molecule has 0 radical (unpaired) electrons. The zero-order chi connectivity index (χ0) is 16.2. The van der Waals surface area contributed by atoms with E-state index in [9.17, 15) is 0 Å². The van der Waals surface area contributed by atoms with Crippen LogP contribution < -0.4 is 10.6 Å². The van der Waals surface area contributed by atoms with E-state index in [1.165, 1.54) is 9.55 Å². The standard InChI is InChI=1S/C15H17N5OS2/c1-10-13(23-9-17-10)7-8-22-15-19-18-14(20(15)16)11-5-3-4-6-12(11)21-2/h3-6,9H,7-8,16H2,1-2H3. The van der Waals surface area contributed by atoms with Crippen molar-refractivity contribution in [3.63, 3.8) is 0 Å². The lowest BCUT2D eigenvalue weighted by Crippen LogP contribution is -2.12. The van der Waals surface area contributed by atoms with E-state index in [4.69, 9.17) is 10.6 Å². The van der Waals surface area contributed by atoms with Crippen molar-refractivity contribution in [2.75, 3.05) is 18.7 Å².